The van der Waals surface area contributed by atoms with Crippen LogP contribution in [0.25, 0.3) is 0 Å². The molecule has 98 valence electrons. The summed E-state index contributed by atoms with van der Waals surface area (Å²) in [5.74, 6) is 1.68. The number of aryl methyl sites for hydroxylation is 2. The van der Waals surface area contributed by atoms with Crippen molar-refractivity contribution in [2.24, 2.45) is 0 Å². The lowest BCUT2D eigenvalue weighted by Gasteiger charge is -2.27. The molecule has 2 aromatic rings. The Hall–Kier alpha value is -2.03. The highest BCUT2D eigenvalue weighted by molar-refractivity contribution is 5.48. The van der Waals surface area contributed by atoms with Gasteiger partial charge in [0.2, 0.25) is 0 Å². The highest BCUT2D eigenvalue weighted by atomic mass is 16.5. The highest BCUT2D eigenvalue weighted by Gasteiger charge is 2.24. The number of nitrogens with zero attached hydrogens (tertiary/aromatic N) is 1. The van der Waals surface area contributed by atoms with E-state index in [4.69, 9.17) is 9.47 Å². The number of para-hydroxylation sites is 1. The lowest BCUT2D eigenvalue weighted by molar-refractivity contribution is 0.168. The molecule has 0 amide bonds. The number of rotatable bonds is 2. The first-order chi connectivity index (χ1) is 9.28. The SMILES string of the molecule is COc1cccc2c1OC(c1ccc(C)nc1)CC2. The number of benzene rings is 1. The predicted molar refractivity (Wildman–Crippen MR) is 73.7 cm³/mol. The summed E-state index contributed by atoms with van der Waals surface area (Å²) in [5, 5.41) is 0. The van der Waals surface area contributed by atoms with Crippen LogP contribution in [0.2, 0.25) is 0 Å². The quantitative estimate of drug-likeness (QED) is 0.823. The molecular weight excluding hydrogens is 238 g/mol. The van der Waals surface area contributed by atoms with Gasteiger partial charge in [-0.2, -0.15) is 0 Å². The Morgan fingerprint density at radius 1 is 1.26 bits per heavy atom. The van der Waals surface area contributed by atoms with Gasteiger partial charge < -0.3 is 9.47 Å². The zero-order valence-electron chi connectivity index (χ0n) is 11.2. The standard InChI is InChI=1S/C16H17NO2/c1-11-6-7-13(10-17-11)14-9-8-12-4-3-5-15(18-2)16(12)19-14/h3-7,10,14H,8-9H2,1-2H3. The molecule has 1 unspecified atom stereocenters. The van der Waals surface area contributed by atoms with E-state index in [0.29, 0.717) is 0 Å². The maximum atomic E-state index is 6.11. The van der Waals surface area contributed by atoms with E-state index in [1.165, 1.54) is 5.56 Å². The maximum absolute atomic E-state index is 6.11. The van der Waals surface area contributed by atoms with Crippen molar-refractivity contribution in [2.75, 3.05) is 7.11 Å². The van der Waals surface area contributed by atoms with Crippen molar-refractivity contribution in [2.45, 2.75) is 25.9 Å². The van der Waals surface area contributed by atoms with Gasteiger partial charge in [-0.3, -0.25) is 4.98 Å². The van der Waals surface area contributed by atoms with E-state index in [-0.39, 0.29) is 6.10 Å². The second kappa shape index (κ2) is 4.92. The van der Waals surface area contributed by atoms with Gasteiger partial charge in [-0.15, -0.1) is 0 Å². The second-order valence-electron chi connectivity index (χ2n) is 4.83. The van der Waals surface area contributed by atoms with Crippen LogP contribution in [0.3, 0.4) is 0 Å². The van der Waals surface area contributed by atoms with E-state index in [0.717, 1.165) is 35.6 Å². The number of aromatic nitrogens is 1. The smallest absolute Gasteiger partial charge is 0.165 e. The van der Waals surface area contributed by atoms with E-state index < -0.39 is 0 Å². The summed E-state index contributed by atoms with van der Waals surface area (Å²) in [6.45, 7) is 1.99. The van der Waals surface area contributed by atoms with Gasteiger partial charge in [-0.25, -0.2) is 0 Å². The van der Waals surface area contributed by atoms with Crippen LogP contribution < -0.4 is 9.47 Å². The molecule has 3 rings (SSSR count). The largest absolute Gasteiger partial charge is 0.493 e. The van der Waals surface area contributed by atoms with Crippen molar-refractivity contribution in [3.05, 3.63) is 53.3 Å². The molecule has 0 radical (unpaired) electrons. The molecule has 0 saturated heterocycles. The van der Waals surface area contributed by atoms with Crippen molar-refractivity contribution in [3.8, 4) is 11.5 Å². The van der Waals surface area contributed by atoms with Crippen molar-refractivity contribution in [1.29, 1.82) is 0 Å². The maximum Gasteiger partial charge on any atom is 0.165 e. The van der Waals surface area contributed by atoms with E-state index in [1.807, 2.05) is 31.3 Å². The van der Waals surface area contributed by atoms with Gasteiger partial charge in [0.1, 0.15) is 6.10 Å². The van der Waals surface area contributed by atoms with E-state index >= 15 is 0 Å². The average molecular weight is 255 g/mol. The van der Waals surface area contributed by atoms with Crippen LogP contribution >= 0.6 is 0 Å². The van der Waals surface area contributed by atoms with Gasteiger partial charge in [0, 0.05) is 17.5 Å². The minimum Gasteiger partial charge on any atom is -0.493 e. The number of hydrogen-bond donors (Lipinski definition) is 0. The van der Waals surface area contributed by atoms with Crippen LogP contribution in [0.15, 0.2) is 36.5 Å². The van der Waals surface area contributed by atoms with E-state index in [2.05, 4.69) is 17.1 Å². The van der Waals surface area contributed by atoms with Gasteiger partial charge in [-0.05, 0) is 37.5 Å². The number of pyridine rings is 1. The molecule has 0 saturated carbocycles. The molecule has 0 aliphatic carbocycles. The van der Waals surface area contributed by atoms with Crippen LogP contribution in [0, 0.1) is 6.92 Å². The molecule has 1 aromatic carbocycles. The summed E-state index contributed by atoms with van der Waals surface area (Å²) in [4.78, 5) is 4.34. The van der Waals surface area contributed by atoms with Crippen LogP contribution in [0.4, 0.5) is 0 Å². The molecule has 0 spiro atoms. The normalized spacial score (nSPS) is 17.5. The Morgan fingerprint density at radius 2 is 2.16 bits per heavy atom. The van der Waals surface area contributed by atoms with Gasteiger partial charge >= 0.3 is 0 Å². The highest BCUT2D eigenvalue weighted by Crippen LogP contribution is 2.40. The zero-order valence-corrected chi connectivity index (χ0v) is 11.2. The van der Waals surface area contributed by atoms with Crippen LogP contribution in [-0.4, -0.2) is 12.1 Å². The fourth-order valence-electron chi connectivity index (χ4n) is 2.44. The Bertz CT molecular complexity index is 564. The summed E-state index contributed by atoms with van der Waals surface area (Å²) < 4.78 is 11.5. The monoisotopic (exact) mass is 255 g/mol. The van der Waals surface area contributed by atoms with Gasteiger partial charge in [-0.1, -0.05) is 18.2 Å². The Kier molecular flexibility index (Phi) is 3.11. The minimum atomic E-state index is 0.0666. The molecule has 3 heteroatoms. The summed E-state index contributed by atoms with van der Waals surface area (Å²) in [6, 6.07) is 10.2. The molecule has 1 atom stereocenters. The number of ether oxygens (including phenoxy) is 2. The molecule has 2 heterocycles. The molecule has 0 N–H and O–H groups in total. The van der Waals surface area contributed by atoms with Crippen LogP contribution in [0.1, 0.15) is 29.3 Å². The van der Waals surface area contributed by atoms with Gasteiger partial charge in [0.15, 0.2) is 11.5 Å². The van der Waals surface area contributed by atoms with E-state index in [9.17, 15) is 0 Å². The molecule has 0 bridgehead atoms. The average Bonchev–Trinajstić information content (AvgIpc) is 2.47. The molecule has 1 aliphatic heterocycles. The fraction of sp³-hybridized carbons (Fsp3) is 0.312. The Morgan fingerprint density at radius 3 is 2.89 bits per heavy atom. The summed E-state index contributed by atoms with van der Waals surface area (Å²) in [6.07, 6.45) is 3.95. The third-order valence-corrected chi connectivity index (χ3v) is 3.52. The third-order valence-electron chi connectivity index (χ3n) is 3.52. The van der Waals surface area contributed by atoms with Crippen molar-refractivity contribution in [3.63, 3.8) is 0 Å². The Labute approximate surface area is 113 Å². The first kappa shape index (κ1) is 12.0. The van der Waals surface area contributed by atoms with Gasteiger partial charge in [0.25, 0.3) is 0 Å². The first-order valence-corrected chi connectivity index (χ1v) is 6.53. The molecule has 3 nitrogen and oxygen atoms in total. The fourth-order valence-corrected chi connectivity index (χ4v) is 2.44. The van der Waals surface area contributed by atoms with Crippen molar-refractivity contribution >= 4 is 0 Å². The Balaban J connectivity index is 1.91. The minimum absolute atomic E-state index is 0.0666. The molecule has 0 fully saturated rings. The lowest BCUT2D eigenvalue weighted by Crippen LogP contribution is -2.16. The third kappa shape index (κ3) is 2.28. The molecule has 19 heavy (non-hydrogen) atoms. The van der Waals surface area contributed by atoms with Crippen molar-refractivity contribution < 1.29 is 9.47 Å². The second-order valence-corrected chi connectivity index (χ2v) is 4.83. The predicted octanol–water partition coefficient (Wildman–Crippen LogP) is 3.46. The van der Waals surface area contributed by atoms with Crippen LogP contribution in [-0.2, 0) is 6.42 Å². The van der Waals surface area contributed by atoms with E-state index in [1.54, 1.807) is 7.11 Å². The topological polar surface area (TPSA) is 31.4 Å². The summed E-state index contributed by atoms with van der Waals surface area (Å²) in [7, 11) is 1.68. The number of hydrogen-bond acceptors (Lipinski definition) is 3. The number of methoxy groups -OCH3 is 1. The lowest BCUT2D eigenvalue weighted by atomic mass is 9.98. The van der Waals surface area contributed by atoms with Crippen LogP contribution in [0.5, 0.6) is 11.5 Å². The van der Waals surface area contributed by atoms with Gasteiger partial charge in [0.05, 0.1) is 7.11 Å². The molecular formula is C16H17NO2. The summed E-state index contributed by atoms with van der Waals surface area (Å²) in [5.41, 5.74) is 3.37. The summed E-state index contributed by atoms with van der Waals surface area (Å²) >= 11 is 0. The first-order valence-electron chi connectivity index (χ1n) is 6.53. The zero-order chi connectivity index (χ0) is 13.2. The molecule has 1 aromatic heterocycles. The number of fused-ring (bicyclic) bond motifs is 1. The molecule has 1 aliphatic rings. The van der Waals surface area contributed by atoms with Crippen molar-refractivity contribution in [1.82, 2.24) is 4.98 Å².